The largest absolute Gasteiger partial charge is 0.344 e. The van der Waals surface area contributed by atoms with Crippen LogP contribution in [0.2, 0.25) is 0 Å². The second-order valence-corrected chi connectivity index (χ2v) is 19.3. The van der Waals surface area contributed by atoms with Crippen molar-refractivity contribution in [3.8, 4) is 33.6 Å². The van der Waals surface area contributed by atoms with Gasteiger partial charge in [0.15, 0.2) is 0 Å². The van der Waals surface area contributed by atoms with E-state index in [9.17, 15) is 0 Å². The van der Waals surface area contributed by atoms with Crippen LogP contribution in [-0.4, -0.2) is 18.3 Å². The second kappa shape index (κ2) is 14.5. The van der Waals surface area contributed by atoms with E-state index < -0.39 is 0 Å². The average Bonchev–Trinajstić information content (AvgIpc) is 4.17. The molecule has 1 unspecified atom stereocenters. The molecule has 10 aromatic carbocycles. The molecule has 1 atom stereocenters. The molecule has 4 aromatic heterocycles. The van der Waals surface area contributed by atoms with E-state index in [1.54, 1.807) is 0 Å². The number of aryl methyl sites for hydroxylation is 3. The topological polar surface area (TPSA) is 19.7 Å². The maximum absolute atomic E-state index is 2.46. The van der Waals surface area contributed by atoms with Gasteiger partial charge in [-0.1, -0.05) is 121 Å². The molecule has 4 heterocycles. The first-order chi connectivity index (χ1) is 34.1. The highest BCUT2D eigenvalue weighted by atomic mass is 15.0. The molecule has 0 saturated heterocycles. The van der Waals surface area contributed by atoms with Crippen LogP contribution >= 0.6 is 0 Å². The summed E-state index contributed by atoms with van der Waals surface area (Å²) in [5.74, 6) is 0.355. The Labute approximate surface area is 399 Å². The summed E-state index contributed by atoms with van der Waals surface area (Å²) in [4.78, 5) is 0. The van der Waals surface area contributed by atoms with Gasteiger partial charge in [0.25, 0.3) is 0 Å². The van der Waals surface area contributed by atoms with E-state index >= 15 is 0 Å². The van der Waals surface area contributed by atoms with Crippen molar-refractivity contribution in [1.82, 2.24) is 18.3 Å². The predicted molar refractivity (Wildman–Crippen MR) is 291 cm³/mol. The number of hydrogen-bond donors (Lipinski definition) is 0. The van der Waals surface area contributed by atoms with Crippen LogP contribution in [0.4, 0.5) is 0 Å². The van der Waals surface area contributed by atoms with Crippen molar-refractivity contribution in [2.45, 2.75) is 18.8 Å². The Morgan fingerprint density at radius 3 is 1.38 bits per heavy atom. The van der Waals surface area contributed by atoms with E-state index in [2.05, 4.69) is 245 Å². The zero-order chi connectivity index (χ0) is 45.5. The molecule has 15 rings (SSSR count). The van der Waals surface area contributed by atoms with Crippen molar-refractivity contribution in [1.29, 1.82) is 0 Å². The van der Waals surface area contributed by atoms with Gasteiger partial charge >= 0.3 is 0 Å². The second-order valence-electron chi connectivity index (χ2n) is 19.3. The fraction of sp³-hybridized carbons (Fsp3) is 0.0769. The molecule has 1 aliphatic carbocycles. The fourth-order valence-corrected chi connectivity index (χ4v) is 12.6. The minimum absolute atomic E-state index is 0.355. The lowest BCUT2D eigenvalue weighted by Crippen LogP contribution is -1.99. The Balaban J connectivity index is 0.808. The number of fused-ring (bicyclic) bond motifs is 15. The van der Waals surface area contributed by atoms with Crippen LogP contribution in [0.25, 0.3) is 121 Å². The van der Waals surface area contributed by atoms with Gasteiger partial charge in [-0.15, -0.1) is 0 Å². The smallest absolute Gasteiger partial charge is 0.0541 e. The van der Waals surface area contributed by atoms with Crippen LogP contribution in [0.15, 0.2) is 212 Å². The van der Waals surface area contributed by atoms with E-state index in [4.69, 9.17) is 0 Å². The van der Waals surface area contributed by atoms with Gasteiger partial charge < -0.3 is 18.3 Å². The Kier molecular flexibility index (Phi) is 8.06. The van der Waals surface area contributed by atoms with E-state index in [1.807, 2.05) is 0 Å². The molecule has 14 aromatic rings. The van der Waals surface area contributed by atoms with Crippen molar-refractivity contribution in [2.75, 3.05) is 0 Å². The fourth-order valence-electron chi connectivity index (χ4n) is 12.6. The number of nitrogens with zero attached hydrogens (tertiary/aromatic N) is 4. The van der Waals surface area contributed by atoms with E-state index in [0.717, 1.165) is 18.5 Å². The summed E-state index contributed by atoms with van der Waals surface area (Å²) in [5, 5.41) is 10.2. The third kappa shape index (κ3) is 5.51. The van der Waals surface area contributed by atoms with Crippen molar-refractivity contribution in [3.05, 3.63) is 229 Å². The third-order valence-electron chi connectivity index (χ3n) is 15.8. The molecular weight excluding hydrogens is 837 g/mol. The lowest BCUT2D eigenvalue weighted by atomic mass is 9.89. The highest BCUT2D eigenvalue weighted by Crippen LogP contribution is 2.49. The number of hydrogen-bond acceptors (Lipinski definition) is 0. The Morgan fingerprint density at radius 1 is 0.319 bits per heavy atom. The van der Waals surface area contributed by atoms with Crippen molar-refractivity contribution >= 4 is 87.2 Å². The zero-order valence-corrected chi connectivity index (χ0v) is 38.5. The summed E-state index contributed by atoms with van der Waals surface area (Å²) in [6.45, 7) is 0. The molecule has 0 fully saturated rings. The number of aromatic nitrogens is 4. The first kappa shape index (κ1) is 38.5. The van der Waals surface area contributed by atoms with Gasteiger partial charge in [0.2, 0.25) is 0 Å². The molecule has 4 heteroatoms. The predicted octanol–water partition coefficient (Wildman–Crippen LogP) is 16.6. The Hall–Kier alpha value is -8.60. The van der Waals surface area contributed by atoms with Gasteiger partial charge in [0, 0.05) is 96.5 Å². The molecule has 0 amide bonds. The Morgan fingerprint density at radius 2 is 0.739 bits per heavy atom. The molecule has 0 N–H and O–H groups in total. The van der Waals surface area contributed by atoms with Crippen molar-refractivity contribution in [2.24, 2.45) is 14.1 Å². The molecule has 0 spiro atoms. The van der Waals surface area contributed by atoms with Gasteiger partial charge in [0.05, 0.1) is 22.1 Å². The highest BCUT2D eigenvalue weighted by molar-refractivity contribution is 6.14. The monoisotopic (exact) mass is 882 g/mol. The summed E-state index contributed by atoms with van der Waals surface area (Å²) < 4.78 is 9.54. The van der Waals surface area contributed by atoms with Crippen LogP contribution in [0.3, 0.4) is 0 Å². The molecule has 1 aliphatic rings. The van der Waals surface area contributed by atoms with Crippen LogP contribution in [0.5, 0.6) is 0 Å². The summed E-state index contributed by atoms with van der Waals surface area (Å²) in [7, 11) is 4.37. The minimum Gasteiger partial charge on any atom is -0.344 e. The zero-order valence-electron chi connectivity index (χ0n) is 38.5. The van der Waals surface area contributed by atoms with Crippen LogP contribution in [-0.2, 0) is 20.5 Å². The molecule has 4 nitrogen and oxygen atoms in total. The van der Waals surface area contributed by atoms with Gasteiger partial charge in [-0.3, -0.25) is 0 Å². The summed E-state index contributed by atoms with van der Waals surface area (Å²) in [5.41, 5.74) is 21.7. The quantitative estimate of drug-likeness (QED) is 0.159. The van der Waals surface area contributed by atoms with Crippen molar-refractivity contribution < 1.29 is 0 Å². The summed E-state index contributed by atoms with van der Waals surface area (Å²) in [6, 6.07) is 79.7. The third-order valence-corrected chi connectivity index (χ3v) is 15.8. The van der Waals surface area contributed by atoms with E-state index in [0.29, 0.717) is 5.92 Å². The SMILES string of the molecule is Cn1c2ccccc2c2cc(CCC3c4ccccc4-c4cc(-c5ccc6c(c5)c5ccccc5n6-c5ccc6c(c5)c5cc(-n7c8ccccc8c8ccccc87)ccc5n6C)ccc43)ccc21. The van der Waals surface area contributed by atoms with Gasteiger partial charge in [-0.25, -0.2) is 0 Å². The van der Waals surface area contributed by atoms with Crippen LogP contribution < -0.4 is 0 Å². The molecule has 0 radical (unpaired) electrons. The maximum atomic E-state index is 2.46. The normalized spacial score (nSPS) is 13.6. The lowest BCUT2D eigenvalue weighted by molar-refractivity contribution is 0.730. The molecule has 0 aliphatic heterocycles. The standard InChI is InChI=1S/C65H46N4/c1-66-58-19-9-5-17-51(58)54-35-40(24-31-59(54)66)23-29-47-45-13-3-4-14-46(45)53-36-41(25-30-48(47)53)42-26-32-65-55(37-42)52-18-8-12-22-64(52)69(65)44-28-34-61-57(39-44)56-38-43(27-33-60(56)67(61)2)68-62-20-10-6-15-49(62)50-16-7-11-21-63(50)68/h3-22,24-28,30-39,47H,23,29H2,1-2H3. The summed E-state index contributed by atoms with van der Waals surface area (Å²) >= 11 is 0. The van der Waals surface area contributed by atoms with Gasteiger partial charge in [-0.2, -0.15) is 0 Å². The van der Waals surface area contributed by atoms with Gasteiger partial charge in [0.1, 0.15) is 0 Å². The average molecular weight is 883 g/mol. The van der Waals surface area contributed by atoms with Crippen LogP contribution in [0, 0.1) is 0 Å². The molecule has 326 valence electrons. The molecule has 69 heavy (non-hydrogen) atoms. The first-order valence-corrected chi connectivity index (χ1v) is 24.3. The minimum atomic E-state index is 0.355. The first-order valence-electron chi connectivity index (χ1n) is 24.3. The Bertz CT molecular complexity index is 4420. The van der Waals surface area contributed by atoms with E-state index in [-0.39, 0.29) is 0 Å². The maximum Gasteiger partial charge on any atom is 0.0541 e. The summed E-state index contributed by atoms with van der Waals surface area (Å²) in [6.07, 6.45) is 2.09. The van der Waals surface area contributed by atoms with Gasteiger partial charge in [-0.05, 0) is 143 Å². The molecular formula is C65H46N4. The number of rotatable bonds is 6. The van der Waals surface area contributed by atoms with E-state index in [1.165, 1.54) is 132 Å². The lowest BCUT2D eigenvalue weighted by Gasteiger charge is -2.14. The highest BCUT2D eigenvalue weighted by Gasteiger charge is 2.29. The van der Waals surface area contributed by atoms with Crippen molar-refractivity contribution in [3.63, 3.8) is 0 Å². The number of benzene rings is 10. The molecule has 0 bridgehead atoms. The van der Waals surface area contributed by atoms with Crippen LogP contribution in [0.1, 0.15) is 29.0 Å². The number of para-hydroxylation sites is 4. The molecule has 0 saturated carbocycles.